The SMILES string of the molecule is O=C(Nc1nc(-c2cccs2)cs1)c1cn(-c2ccccc2C(F)(F)F)nn1. The second-order valence-corrected chi connectivity index (χ2v) is 7.34. The third kappa shape index (κ3) is 3.66. The first-order valence-corrected chi connectivity index (χ1v) is 9.57. The molecule has 1 amide bonds. The maximum Gasteiger partial charge on any atom is 0.418 e. The van der Waals surface area contributed by atoms with E-state index >= 15 is 0 Å². The molecule has 0 saturated heterocycles. The lowest BCUT2D eigenvalue weighted by Crippen LogP contribution is -2.12. The molecule has 1 N–H and O–H groups in total. The van der Waals surface area contributed by atoms with Gasteiger partial charge < -0.3 is 0 Å². The van der Waals surface area contributed by atoms with E-state index < -0.39 is 17.6 Å². The number of halogens is 3. The van der Waals surface area contributed by atoms with Crippen LogP contribution in [0.1, 0.15) is 16.1 Å². The number of rotatable bonds is 4. The van der Waals surface area contributed by atoms with Crippen molar-refractivity contribution in [2.75, 3.05) is 5.32 Å². The average Bonchev–Trinajstić information content (AvgIpc) is 3.41. The van der Waals surface area contributed by atoms with Gasteiger partial charge in [0.05, 0.1) is 28.0 Å². The molecule has 4 rings (SSSR count). The van der Waals surface area contributed by atoms with Crippen LogP contribution in [0.15, 0.2) is 53.4 Å². The van der Waals surface area contributed by atoms with Gasteiger partial charge >= 0.3 is 6.18 Å². The van der Waals surface area contributed by atoms with Crippen molar-refractivity contribution in [3.05, 3.63) is 64.6 Å². The van der Waals surface area contributed by atoms with Crippen LogP contribution in [0.2, 0.25) is 0 Å². The van der Waals surface area contributed by atoms with Crippen LogP contribution >= 0.6 is 22.7 Å². The number of para-hydroxylation sites is 1. The van der Waals surface area contributed by atoms with Gasteiger partial charge in [-0.2, -0.15) is 13.2 Å². The largest absolute Gasteiger partial charge is 0.418 e. The smallest absolute Gasteiger partial charge is 0.296 e. The Morgan fingerprint density at radius 1 is 1.11 bits per heavy atom. The fourth-order valence-electron chi connectivity index (χ4n) is 2.43. The highest BCUT2D eigenvalue weighted by Crippen LogP contribution is 2.33. The maximum atomic E-state index is 13.2. The first kappa shape index (κ1) is 18.3. The highest BCUT2D eigenvalue weighted by atomic mass is 32.1. The molecular weight excluding hydrogens is 411 g/mol. The van der Waals surface area contributed by atoms with E-state index in [1.807, 2.05) is 17.5 Å². The normalized spacial score (nSPS) is 11.5. The molecule has 0 radical (unpaired) electrons. The number of hydrogen-bond acceptors (Lipinski definition) is 6. The number of thiophene rings is 1. The molecule has 1 aromatic carbocycles. The van der Waals surface area contributed by atoms with Gasteiger partial charge in [0.15, 0.2) is 10.8 Å². The summed E-state index contributed by atoms with van der Waals surface area (Å²) in [6.45, 7) is 0. The fourth-order valence-corrected chi connectivity index (χ4v) is 3.89. The molecule has 0 saturated carbocycles. The number of alkyl halides is 3. The minimum Gasteiger partial charge on any atom is -0.296 e. The lowest BCUT2D eigenvalue weighted by Gasteiger charge is -2.11. The van der Waals surface area contributed by atoms with Crippen molar-refractivity contribution < 1.29 is 18.0 Å². The van der Waals surface area contributed by atoms with Gasteiger partial charge in [0.2, 0.25) is 0 Å². The molecule has 0 unspecified atom stereocenters. The Balaban J connectivity index is 1.55. The van der Waals surface area contributed by atoms with Crippen LogP contribution in [-0.2, 0) is 6.18 Å². The Bertz CT molecular complexity index is 1120. The lowest BCUT2D eigenvalue weighted by atomic mass is 10.1. The zero-order valence-electron chi connectivity index (χ0n) is 13.8. The van der Waals surface area contributed by atoms with Gasteiger partial charge in [-0.1, -0.05) is 23.4 Å². The van der Waals surface area contributed by atoms with E-state index in [1.165, 1.54) is 40.9 Å². The van der Waals surface area contributed by atoms with E-state index in [-0.39, 0.29) is 11.4 Å². The van der Waals surface area contributed by atoms with E-state index in [0.29, 0.717) is 5.13 Å². The highest BCUT2D eigenvalue weighted by Gasteiger charge is 2.34. The monoisotopic (exact) mass is 421 g/mol. The number of benzene rings is 1. The topological polar surface area (TPSA) is 72.7 Å². The Morgan fingerprint density at radius 2 is 1.93 bits per heavy atom. The van der Waals surface area contributed by atoms with Gasteiger partial charge in [-0.15, -0.1) is 27.8 Å². The van der Waals surface area contributed by atoms with Crippen molar-refractivity contribution in [2.24, 2.45) is 0 Å². The molecule has 0 atom stereocenters. The number of nitrogens with one attached hydrogen (secondary N) is 1. The molecule has 6 nitrogen and oxygen atoms in total. The third-order valence-corrected chi connectivity index (χ3v) is 5.33. The lowest BCUT2D eigenvalue weighted by molar-refractivity contribution is -0.137. The second kappa shape index (κ2) is 7.17. The Labute approximate surface area is 164 Å². The average molecular weight is 421 g/mol. The number of amides is 1. The molecule has 11 heteroatoms. The third-order valence-electron chi connectivity index (χ3n) is 3.68. The summed E-state index contributed by atoms with van der Waals surface area (Å²) in [5, 5.41) is 14.0. The van der Waals surface area contributed by atoms with Crippen molar-refractivity contribution in [3.63, 3.8) is 0 Å². The van der Waals surface area contributed by atoms with Crippen LogP contribution in [0, 0.1) is 0 Å². The number of thiazole rings is 1. The predicted octanol–water partition coefficient (Wildman–Crippen LogP) is 4.72. The molecule has 0 spiro atoms. The first-order valence-electron chi connectivity index (χ1n) is 7.81. The van der Waals surface area contributed by atoms with Gasteiger partial charge in [-0.25, -0.2) is 9.67 Å². The predicted molar refractivity (Wildman–Crippen MR) is 99.7 cm³/mol. The first-order chi connectivity index (χ1) is 13.4. The van der Waals surface area contributed by atoms with Gasteiger partial charge in [0, 0.05) is 5.38 Å². The van der Waals surface area contributed by atoms with Crippen LogP contribution in [0.3, 0.4) is 0 Å². The summed E-state index contributed by atoms with van der Waals surface area (Å²) in [6.07, 6.45) is -3.41. The summed E-state index contributed by atoms with van der Waals surface area (Å²) >= 11 is 2.76. The second-order valence-electron chi connectivity index (χ2n) is 5.53. The summed E-state index contributed by atoms with van der Waals surface area (Å²) in [7, 11) is 0. The molecule has 4 aromatic rings. The van der Waals surface area contributed by atoms with Crippen molar-refractivity contribution in [1.29, 1.82) is 0 Å². The van der Waals surface area contributed by atoms with E-state index in [2.05, 4.69) is 20.6 Å². The highest BCUT2D eigenvalue weighted by molar-refractivity contribution is 7.16. The molecule has 0 fully saturated rings. The summed E-state index contributed by atoms with van der Waals surface area (Å²) in [5.41, 5.74) is -0.467. The zero-order chi connectivity index (χ0) is 19.7. The molecule has 3 aromatic heterocycles. The molecule has 0 aliphatic carbocycles. The van der Waals surface area contributed by atoms with Crippen LogP contribution in [-0.4, -0.2) is 25.9 Å². The molecule has 0 aliphatic rings. The molecule has 0 aliphatic heterocycles. The molecule has 0 bridgehead atoms. The summed E-state index contributed by atoms with van der Waals surface area (Å²) in [6, 6.07) is 8.74. The van der Waals surface area contributed by atoms with Gasteiger partial charge in [-0.3, -0.25) is 10.1 Å². The Hall–Kier alpha value is -3.05. The van der Waals surface area contributed by atoms with Crippen LogP contribution < -0.4 is 5.32 Å². The van der Waals surface area contributed by atoms with E-state index in [0.717, 1.165) is 27.5 Å². The van der Waals surface area contributed by atoms with Gasteiger partial charge in [0.1, 0.15) is 0 Å². The number of anilines is 1. The zero-order valence-corrected chi connectivity index (χ0v) is 15.5. The Morgan fingerprint density at radius 3 is 2.68 bits per heavy atom. The van der Waals surface area contributed by atoms with Crippen LogP contribution in [0.5, 0.6) is 0 Å². The standard InChI is InChI=1S/C17H10F3N5OS2/c18-17(19,20)10-4-1-2-5-13(10)25-8-11(23-24-25)15(26)22-16-21-12(9-28-16)14-6-3-7-27-14/h1-9H,(H,21,22,26). The number of hydrogen-bond donors (Lipinski definition) is 1. The van der Waals surface area contributed by atoms with Crippen LogP contribution in [0.4, 0.5) is 18.3 Å². The summed E-state index contributed by atoms with van der Waals surface area (Å²) in [5.74, 6) is -0.609. The quantitative estimate of drug-likeness (QED) is 0.517. The Kier molecular flexibility index (Phi) is 4.69. The number of carbonyl (C=O) groups excluding carboxylic acids is 1. The summed E-state index contributed by atoms with van der Waals surface area (Å²) in [4.78, 5) is 17.6. The van der Waals surface area contributed by atoms with Crippen molar-refractivity contribution in [2.45, 2.75) is 6.18 Å². The molecular formula is C17H10F3N5OS2. The van der Waals surface area contributed by atoms with Crippen molar-refractivity contribution >= 4 is 33.7 Å². The van der Waals surface area contributed by atoms with E-state index in [1.54, 1.807) is 5.38 Å². The fraction of sp³-hybridized carbons (Fsp3) is 0.0588. The van der Waals surface area contributed by atoms with Crippen LogP contribution in [0.25, 0.3) is 16.3 Å². The van der Waals surface area contributed by atoms with Gasteiger partial charge in [0.25, 0.3) is 5.91 Å². The minimum atomic E-state index is -4.55. The number of carbonyl (C=O) groups is 1. The van der Waals surface area contributed by atoms with Crippen molar-refractivity contribution in [3.8, 4) is 16.3 Å². The maximum absolute atomic E-state index is 13.2. The molecule has 142 valence electrons. The summed E-state index contributed by atoms with van der Waals surface area (Å²) < 4.78 is 40.4. The molecule has 28 heavy (non-hydrogen) atoms. The van der Waals surface area contributed by atoms with E-state index in [4.69, 9.17) is 0 Å². The van der Waals surface area contributed by atoms with E-state index in [9.17, 15) is 18.0 Å². The van der Waals surface area contributed by atoms with Gasteiger partial charge in [-0.05, 0) is 23.6 Å². The molecule has 3 heterocycles. The number of aromatic nitrogens is 4. The minimum absolute atomic E-state index is 0.121. The number of nitrogens with zero attached hydrogens (tertiary/aromatic N) is 4. The van der Waals surface area contributed by atoms with Crippen molar-refractivity contribution in [1.82, 2.24) is 20.0 Å².